The van der Waals surface area contributed by atoms with Crippen molar-refractivity contribution in [3.63, 3.8) is 0 Å². The Balaban J connectivity index is 2.77. The molecule has 0 atom stereocenters. The Kier molecular flexibility index (Phi) is 6.92. The van der Waals surface area contributed by atoms with Gasteiger partial charge in [0.15, 0.2) is 0 Å². The average Bonchev–Trinajstić information content (AvgIpc) is 2.40. The third-order valence-corrected chi connectivity index (χ3v) is 4.91. The van der Waals surface area contributed by atoms with Crippen molar-refractivity contribution in [2.45, 2.75) is 53.4 Å². The standard InChI is InChI=1S/C17H27BrO/c1-5-9-17(12-18,10-6-2)13-19-16-11-14(3)7-8-15(16)4/h7-8,11H,5-6,9-10,12-13H2,1-4H3. The van der Waals surface area contributed by atoms with E-state index in [2.05, 4.69) is 61.8 Å². The first-order valence-electron chi connectivity index (χ1n) is 7.33. The van der Waals surface area contributed by atoms with E-state index in [0.29, 0.717) is 0 Å². The van der Waals surface area contributed by atoms with Gasteiger partial charge in [-0.05, 0) is 43.9 Å². The van der Waals surface area contributed by atoms with Crippen LogP contribution in [0.1, 0.15) is 50.7 Å². The van der Waals surface area contributed by atoms with Gasteiger partial charge < -0.3 is 4.74 Å². The zero-order valence-corrected chi connectivity index (χ0v) is 14.3. The Morgan fingerprint density at radius 3 is 2.26 bits per heavy atom. The predicted octanol–water partition coefficient (Wildman–Crippen LogP) is 5.66. The normalized spacial score (nSPS) is 11.6. The minimum atomic E-state index is 0.277. The van der Waals surface area contributed by atoms with E-state index in [0.717, 1.165) is 17.7 Å². The number of halogens is 1. The number of alkyl halides is 1. The summed E-state index contributed by atoms with van der Waals surface area (Å²) in [5, 5.41) is 1.02. The van der Waals surface area contributed by atoms with E-state index in [1.807, 2.05) is 0 Å². The molecule has 0 unspecified atom stereocenters. The number of hydrogen-bond acceptors (Lipinski definition) is 1. The lowest BCUT2D eigenvalue weighted by molar-refractivity contribution is 0.144. The van der Waals surface area contributed by atoms with Crippen molar-refractivity contribution < 1.29 is 4.74 Å². The van der Waals surface area contributed by atoms with E-state index in [9.17, 15) is 0 Å². The van der Waals surface area contributed by atoms with Gasteiger partial charge in [0.25, 0.3) is 0 Å². The van der Waals surface area contributed by atoms with E-state index < -0.39 is 0 Å². The highest BCUT2D eigenvalue weighted by molar-refractivity contribution is 9.09. The first-order valence-corrected chi connectivity index (χ1v) is 8.45. The van der Waals surface area contributed by atoms with Crippen molar-refractivity contribution >= 4 is 15.9 Å². The molecule has 0 aliphatic carbocycles. The van der Waals surface area contributed by atoms with Crippen LogP contribution in [0.3, 0.4) is 0 Å². The molecule has 1 nitrogen and oxygen atoms in total. The van der Waals surface area contributed by atoms with Gasteiger partial charge in [-0.1, -0.05) is 54.8 Å². The van der Waals surface area contributed by atoms with E-state index in [1.54, 1.807) is 0 Å². The quantitative estimate of drug-likeness (QED) is 0.560. The lowest BCUT2D eigenvalue weighted by atomic mass is 9.82. The summed E-state index contributed by atoms with van der Waals surface area (Å²) in [6, 6.07) is 6.42. The number of rotatable bonds is 8. The van der Waals surface area contributed by atoms with Gasteiger partial charge in [0, 0.05) is 10.7 Å². The number of aryl methyl sites for hydroxylation is 2. The van der Waals surface area contributed by atoms with Gasteiger partial charge in [-0.3, -0.25) is 0 Å². The SMILES string of the molecule is CCCC(CBr)(CCC)COc1cc(C)ccc1C. The summed E-state index contributed by atoms with van der Waals surface area (Å²) >= 11 is 3.70. The zero-order valence-electron chi connectivity index (χ0n) is 12.8. The van der Waals surface area contributed by atoms with Gasteiger partial charge >= 0.3 is 0 Å². The predicted molar refractivity (Wildman–Crippen MR) is 87.5 cm³/mol. The van der Waals surface area contributed by atoms with Crippen LogP contribution in [0, 0.1) is 19.3 Å². The van der Waals surface area contributed by atoms with Gasteiger partial charge in [-0.2, -0.15) is 0 Å². The maximum atomic E-state index is 6.15. The Labute approximate surface area is 126 Å². The highest BCUT2D eigenvalue weighted by Crippen LogP contribution is 2.33. The first-order chi connectivity index (χ1) is 9.06. The molecule has 0 saturated carbocycles. The Bertz CT molecular complexity index is 381. The van der Waals surface area contributed by atoms with E-state index in [-0.39, 0.29) is 5.41 Å². The fraction of sp³-hybridized carbons (Fsp3) is 0.647. The van der Waals surface area contributed by atoms with Crippen LogP contribution in [0.5, 0.6) is 5.75 Å². The summed E-state index contributed by atoms with van der Waals surface area (Å²) in [7, 11) is 0. The third kappa shape index (κ3) is 4.83. The van der Waals surface area contributed by atoms with Crippen molar-refractivity contribution in [2.24, 2.45) is 5.41 Å². The van der Waals surface area contributed by atoms with Gasteiger partial charge in [0.2, 0.25) is 0 Å². The van der Waals surface area contributed by atoms with Crippen molar-refractivity contribution in [3.8, 4) is 5.75 Å². The lowest BCUT2D eigenvalue weighted by Crippen LogP contribution is -2.30. The lowest BCUT2D eigenvalue weighted by Gasteiger charge is -2.31. The van der Waals surface area contributed by atoms with E-state index in [1.165, 1.54) is 36.8 Å². The second-order valence-corrected chi connectivity index (χ2v) is 6.25. The summed E-state index contributed by atoms with van der Waals surface area (Å²) in [4.78, 5) is 0. The van der Waals surface area contributed by atoms with Crippen molar-refractivity contribution in [3.05, 3.63) is 29.3 Å². The third-order valence-electron chi connectivity index (χ3n) is 3.72. The van der Waals surface area contributed by atoms with Crippen LogP contribution < -0.4 is 4.74 Å². The van der Waals surface area contributed by atoms with Crippen LogP contribution >= 0.6 is 15.9 Å². The molecule has 0 N–H and O–H groups in total. The maximum absolute atomic E-state index is 6.15. The summed E-state index contributed by atoms with van der Waals surface area (Å²) in [5.41, 5.74) is 2.76. The zero-order chi connectivity index (χ0) is 14.3. The van der Waals surface area contributed by atoms with Crippen molar-refractivity contribution in [1.29, 1.82) is 0 Å². The first kappa shape index (κ1) is 16.6. The molecule has 19 heavy (non-hydrogen) atoms. The minimum absolute atomic E-state index is 0.277. The molecular formula is C17H27BrO. The topological polar surface area (TPSA) is 9.23 Å². The molecule has 1 rings (SSSR count). The number of benzene rings is 1. The summed E-state index contributed by atoms with van der Waals surface area (Å²) in [6.45, 7) is 9.55. The molecule has 0 aliphatic rings. The van der Waals surface area contributed by atoms with Crippen LogP contribution in [-0.2, 0) is 0 Å². The largest absolute Gasteiger partial charge is 0.493 e. The minimum Gasteiger partial charge on any atom is -0.493 e. The number of ether oxygens (including phenoxy) is 1. The van der Waals surface area contributed by atoms with Crippen LogP contribution in [0.4, 0.5) is 0 Å². The molecule has 0 amide bonds. The molecule has 0 heterocycles. The molecule has 0 radical (unpaired) electrons. The average molecular weight is 327 g/mol. The molecule has 1 aromatic carbocycles. The van der Waals surface area contributed by atoms with Crippen LogP contribution in [0.15, 0.2) is 18.2 Å². The number of hydrogen-bond donors (Lipinski definition) is 0. The van der Waals surface area contributed by atoms with Gasteiger partial charge in [-0.15, -0.1) is 0 Å². The summed E-state index contributed by atoms with van der Waals surface area (Å²) < 4.78 is 6.15. The van der Waals surface area contributed by atoms with Crippen LogP contribution in [0.25, 0.3) is 0 Å². The van der Waals surface area contributed by atoms with Crippen molar-refractivity contribution in [2.75, 3.05) is 11.9 Å². The van der Waals surface area contributed by atoms with Crippen molar-refractivity contribution in [1.82, 2.24) is 0 Å². The molecule has 0 fully saturated rings. The summed E-state index contributed by atoms with van der Waals surface area (Å²) in [6.07, 6.45) is 4.86. The molecular weight excluding hydrogens is 300 g/mol. The Morgan fingerprint density at radius 1 is 1.11 bits per heavy atom. The second-order valence-electron chi connectivity index (χ2n) is 5.69. The smallest absolute Gasteiger partial charge is 0.122 e. The maximum Gasteiger partial charge on any atom is 0.122 e. The molecule has 0 spiro atoms. The highest BCUT2D eigenvalue weighted by atomic mass is 79.9. The molecule has 0 bridgehead atoms. The highest BCUT2D eigenvalue weighted by Gasteiger charge is 2.28. The van der Waals surface area contributed by atoms with Crippen LogP contribution in [-0.4, -0.2) is 11.9 Å². The molecule has 0 aliphatic heterocycles. The van der Waals surface area contributed by atoms with Gasteiger partial charge in [0.1, 0.15) is 5.75 Å². The molecule has 108 valence electrons. The van der Waals surface area contributed by atoms with E-state index >= 15 is 0 Å². The Morgan fingerprint density at radius 2 is 1.74 bits per heavy atom. The fourth-order valence-corrected chi connectivity index (χ4v) is 3.32. The summed E-state index contributed by atoms with van der Waals surface area (Å²) in [5.74, 6) is 1.04. The fourth-order valence-electron chi connectivity index (χ4n) is 2.60. The Hall–Kier alpha value is -0.500. The molecule has 0 saturated heterocycles. The monoisotopic (exact) mass is 326 g/mol. The molecule has 0 aromatic heterocycles. The van der Waals surface area contributed by atoms with Gasteiger partial charge in [-0.25, -0.2) is 0 Å². The van der Waals surface area contributed by atoms with Gasteiger partial charge in [0.05, 0.1) is 6.61 Å². The molecule has 2 heteroatoms. The second kappa shape index (κ2) is 7.94. The van der Waals surface area contributed by atoms with Crippen LogP contribution in [0.2, 0.25) is 0 Å². The van der Waals surface area contributed by atoms with E-state index in [4.69, 9.17) is 4.74 Å². The molecule has 1 aromatic rings.